The van der Waals surface area contributed by atoms with Crippen molar-refractivity contribution in [2.45, 2.75) is 40.5 Å². The molecule has 4 heteroatoms. The molecule has 0 aromatic heterocycles. The van der Waals surface area contributed by atoms with Gasteiger partial charge in [-0.05, 0) is 11.8 Å². The van der Waals surface area contributed by atoms with Crippen LogP contribution in [0.1, 0.15) is 40.5 Å². The summed E-state index contributed by atoms with van der Waals surface area (Å²) in [6.07, 6.45) is 1.14. The van der Waals surface area contributed by atoms with E-state index in [4.69, 9.17) is 0 Å². The van der Waals surface area contributed by atoms with Crippen LogP contribution >= 0.6 is 0 Å². The molecular weight excluding hydrogens is 228 g/mol. The highest BCUT2D eigenvalue weighted by atomic mass is 16.2. The molecule has 106 valence electrons. The van der Waals surface area contributed by atoms with E-state index >= 15 is 0 Å². The summed E-state index contributed by atoms with van der Waals surface area (Å²) in [5.41, 5.74) is 0. The van der Waals surface area contributed by atoms with E-state index in [1.54, 1.807) is 23.9 Å². The Bertz CT molecular complexity index is 247. The molecule has 0 radical (unpaired) electrons. The predicted molar refractivity (Wildman–Crippen MR) is 74.2 cm³/mol. The summed E-state index contributed by atoms with van der Waals surface area (Å²) in [5, 5.41) is 0. The van der Waals surface area contributed by atoms with E-state index in [1.165, 1.54) is 0 Å². The van der Waals surface area contributed by atoms with Gasteiger partial charge in [0, 0.05) is 40.0 Å². The van der Waals surface area contributed by atoms with Crippen LogP contribution in [0.25, 0.3) is 0 Å². The van der Waals surface area contributed by atoms with Crippen LogP contribution in [-0.2, 0) is 9.59 Å². The third-order valence-electron chi connectivity index (χ3n) is 2.79. The Morgan fingerprint density at radius 3 is 1.28 bits per heavy atom. The quantitative estimate of drug-likeness (QED) is 0.699. The molecule has 0 aliphatic carbocycles. The minimum atomic E-state index is 0.148. The van der Waals surface area contributed by atoms with Gasteiger partial charge in [-0.25, -0.2) is 0 Å². The summed E-state index contributed by atoms with van der Waals surface area (Å²) in [6.45, 7) is 9.33. The first-order valence-electron chi connectivity index (χ1n) is 6.72. The first kappa shape index (κ1) is 16.9. The Kier molecular flexibility index (Phi) is 7.64. The number of likely N-dealkylation sites (N-methyl/N-ethyl adjacent to an activating group) is 2. The number of nitrogens with zero attached hydrogens (tertiary/aromatic N) is 2. The van der Waals surface area contributed by atoms with Gasteiger partial charge in [-0.3, -0.25) is 9.59 Å². The molecule has 0 aromatic rings. The van der Waals surface area contributed by atoms with Crippen molar-refractivity contribution in [2.24, 2.45) is 11.8 Å². The van der Waals surface area contributed by atoms with Crippen LogP contribution in [0.4, 0.5) is 0 Å². The minimum Gasteiger partial charge on any atom is -0.344 e. The summed E-state index contributed by atoms with van der Waals surface area (Å²) >= 11 is 0. The molecular formula is C14H28N2O2. The van der Waals surface area contributed by atoms with E-state index in [9.17, 15) is 9.59 Å². The van der Waals surface area contributed by atoms with Gasteiger partial charge in [0.2, 0.25) is 11.8 Å². The van der Waals surface area contributed by atoms with Gasteiger partial charge in [0.05, 0.1) is 0 Å². The van der Waals surface area contributed by atoms with Crippen molar-refractivity contribution in [3.05, 3.63) is 0 Å². The zero-order chi connectivity index (χ0) is 14.3. The van der Waals surface area contributed by atoms with Gasteiger partial charge >= 0.3 is 0 Å². The first-order valence-corrected chi connectivity index (χ1v) is 6.72. The standard InChI is InChI=1S/C14H28N2O2/c1-11(2)9-13(17)15(5)7-8-16(6)14(18)10-12(3)4/h11-12H,7-10H2,1-6H3. The SMILES string of the molecule is CC(C)CC(=O)N(C)CCN(C)C(=O)CC(C)C. The van der Waals surface area contributed by atoms with E-state index in [0.717, 1.165) is 0 Å². The number of amides is 2. The molecule has 4 nitrogen and oxygen atoms in total. The molecule has 0 fully saturated rings. The molecule has 0 bridgehead atoms. The largest absolute Gasteiger partial charge is 0.344 e. The smallest absolute Gasteiger partial charge is 0.222 e. The van der Waals surface area contributed by atoms with Crippen molar-refractivity contribution in [3.63, 3.8) is 0 Å². The van der Waals surface area contributed by atoms with Crippen molar-refractivity contribution in [1.29, 1.82) is 0 Å². The van der Waals surface area contributed by atoms with E-state index in [-0.39, 0.29) is 11.8 Å². The molecule has 0 N–H and O–H groups in total. The zero-order valence-electron chi connectivity index (χ0n) is 12.7. The fourth-order valence-electron chi connectivity index (χ4n) is 1.56. The van der Waals surface area contributed by atoms with Crippen LogP contribution in [-0.4, -0.2) is 48.8 Å². The minimum absolute atomic E-state index is 0.148. The first-order chi connectivity index (χ1) is 8.23. The summed E-state index contributed by atoms with van der Waals surface area (Å²) < 4.78 is 0. The van der Waals surface area contributed by atoms with Crippen LogP contribution in [0, 0.1) is 11.8 Å². The Hall–Kier alpha value is -1.06. The maximum Gasteiger partial charge on any atom is 0.222 e. The van der Waals surface area contributed by atoms with Crippen molar-refractivity contribution < 1.29 is 9.59 Å². The van der Waals surface area contributed by atoms with Crippen LogP contribution in [0.3, 0.4) is 0 Å². The fourth-order valence-corrected chi connectivity index (χ4v) is 1.56. The number of hydrogen-bond donors (Lipinski definition) is 0. The molecule has 0 spiro atoms. The van der Waals surface area contributed by atoms with E-state index < -0.39 is 0 Å². The second kappa shape index (κ2) is 8.11. The summed E-state index contributed by atoms with van der Waals surface area (Å²) in [6, 6.07) is 0. The van der Waals surface area contributed by atoms with Gasteiger partial charge in [-0.15, -0.1) is 0 Å². The number of carbonyl (C=O) groups is 2. The molecule has 0 aliphatic rings. The molecule has 0 heterocycles. The van der Waals surface area contributed by atoms with Crippen LogP contribution in [0.5, 0.6) is 0 Å². The maximum atomic E-state index is 11.7. The number of rotatable bonds is 7. The average Bonchev–Trinajstić information content (AvgIpc) is 2.23. The Balaban J connectivity index is 4.01. The van der Waals surface area contributed by atoms with Gasteiger partial charge in [0.1, 0.15) is 0 Å². The van der Waals surface area contributed by atoms with Crippen LogP contribution < -0.4 is 0 Å². The predicted octanol–water partition coefficient (Wildman–Crippen LogP) is 2.00. The number of hydrogen-bond acceptors (Lipinski definition) is 2. The Labute approximate surface area is 111 Å². The second-order valence-corrected chi connectivity index (χ2v) is 5.83. The van der Waals surface area contributed by atoms with Gasteiger partial charge < -0.3 is 9.80 Å². The summed E-state index contributed by atoms with van der Waals surface area (Å²) in [5.74, 6) is 1.05. The lowest BCUT2D eigenvalue weighted by Crippen LogP contribution is -2.37. The average molecular weight is 256 g/mol. The fraction of sp³-hybridized carbons (Fsp3) is 0.857. The highest BCUT2D eigenvalue weighted by Gasteiger charge is 2.14. The zero-order valence-corrected chi connectivity index (χ0v) is 12.7. The molecule has 0 aliphatic heterocycles. The second-order valence-electron chi connectivity index (χ2n) is 5.83. The summed E-state index contributed by atoms with van der Waals surface area (Å²) in [4.78, 5) is 26.9. The third kappa shape index (κ3) is 7.30. The topological polar surface area (TPSA) is 40.6 Å². The molecule has 18 heavy (non-hydrogen) atoms. The molecule has 0 unspecified atom stereocenters. The van der Waals surface area contributed by atoms with Crippen molar-refractivity contribution in [1.82, 2.24) is 9.80 Å². The molecule has 0 atom stereocenters. The molecule has 0 aromatic carbocycles. The lowest BCUT2D eigenvalue weighted by molar-refractivity contribution is -0.134. The van der Waals surface area contributed by atoms with Crippen LogP contribution in [0.15, 0.2) is 0 Å². The van der Waals surface area contributed by atoms with Gasteiger partial charge in [-0.1, -0.05) is 27.7 Å². The lowest BCUT2D eigenvalue weighted by Gasteiger charge is -2.23. The molecule has 0 saturated carbocycles. The highest BCUT2D eigenvalue weighted by Crippen LogP contribution is 2.04. The Morgan fingerprint density at radius 2 is 1.06 bits per heavy atom. The number of carbonyl (C=O) groups excluding carboxylic acids is 2. The van der Waals surface area contributed by atoms with Gasteiger partial charge in [-0.2, -0.15) is 0 Å². The van der Waals surface area contributed by atoms with E-state index in [1.807, 2.05) is 27.7 Å². The lowest BCUT2D eigenvalue weighted by atomic mass is 10.1. The molecule has 2 amide bonds. The normalized spacial score (nSPS) is 10.9. The van der Waals surface area contributed by atoms with Gasteiger partial charge in [0.25, 0.3) is 0 Å². The maximum absolute atomic E-state index is 11.7. The summed E-state index contributed by atoms with van der Waals surface area (Å²) in [7, 11) is 3.59. The van der Waals surface area contributed by atoms with E-state index in [0.29, 0.717) is 37.8 Å². The van der Waals surface area contributed by atoms with E-state index in [2.05, 4.69) is 0 Å². The highest BCUT2D eigenvalue weighted by molar-refractivity contribution is 5.77. The molecule has 0 rings (SSSR count). The monoisotopic (exact) mass is 256 g/mol. The van der Waals surface area contributed by atoms with Crippen molar-refractivity contribution in [2.75, 3.05) is 27.2 Å². The van der Waals surface area contributed by atoms with Crippen molar-refractivity contribution in [3.8, 4) is 0 Å². The van der Waals surface area contributed by atoms with Gasteiger partial charge in [0.15, 0.2) is 0 Å². The van der Waals surface area contributed by atoms with Crippen LogP contribution in [0.2, 0.25) is 0 Å². The third-order valence-corrected chi connectivity index (χ3v) is 2.79. The molecule has 0 saturated heterocycles. The van der Waals surface area contributed by atoms with Crippen molar-refractivity contribution >= 4 is 11.8 Å². The Morgan fingerprint density at radius 1 is 0.778 bits per heavy atom.